The van der Waals surface area contributed by atoms with Gasteiger partial charge >= 0.3 is 0 Å². The Hall–Kier alpha value is -1.34. The molecule has 2 unspecified atom stereocenters. The maximum atomic E-state index is 5.39. The zero-order valence-corrected chi connectivity index (χ0v) is 8.31. The van der Waals surface area contributed by atoms with Crippen LogP contribution in [-0.2, 0) is 4.74 Å². The number of benzene rings is 1. The normalized spacial score (nSPS) is 24.4. The largest absolute Gasteiger partial charge is 0.376 e. The highest BCUT2D eigenvalue weighted by Gasteiger charge is 2.15. The van der Waals surface area contributed by atoms with Crippen LogP contribution >= 0.6 is 0 Å². The van der Waals surface area contributed by atoms with E-state index < -0.39 is 0 Å². The Morgan fingerprint density at radius 1 is 1.21 bits per heavy atom. The van der Waals surface area contributed by atoms with Crippen molar-refractivity contribution >= 4 is 12.2 Å². The van der Waals surface area contributed by atoms with E-state index in [0.717, 1.165) is 0 Å². The van der Waals surface area contributed by atoms with Crippen LogP contribution in [0.25, 0.3) is 12.2 Å². The minimum absolute atomic E-state index is 0.127. The van der Waals surface area contributed by atoms with Crippen LogP contribution in [0, 0.1) is 5.92 Å². The Balaban J connectivity index is 2.59. The van der Waals surface area contributed by atoms with Crippen molar-refractivity contribution < 1.29 is 4.74 Å². The number of hydrogen-bond acceptors (Lipinski definition) is 1. The highest BCUT2D eigenvalue weighted by Crippen LogP contribution is 2.13. The molecule has 2 atom stereocenters. The second-order valence-corrected chi connectivity index (χ2v) is 3.48. The molecule has 72 valence electrons. The highest BCUT2D eigenvalue weighted by molar-refractivity contribution is 5.46. The fraction of sp³-hybridized carbons (Fsp3) is 0.231. The Bertz CT molecular complexity index is 445. The van der Waals surface area contributed by atoms with Crippen LogP contribution in [0.2, 0.25) is 0 Å². The van der Waals surface area contributed by atoms with Gasteiger partial charge in [0, 0.05) is 13.0 Å². The van der Waals surface area contributed by atoms with Crippen molar-refractivity contribution in [1.29, 1.82) is 0 Å². The van der Waals surface area contributed by atoms with Crippen molar-refractivity contribution in [2.75, 3.05) is 7.11 Å². The quantitative estimate of drug-likeness (QED) is 0.628. The topological polar surface area (TPSA) is 9.23 Å². The zero-order chi connectivity index (χ0) is 9.97. The first-order chi connectivity index (χ1) is 6.85. The van der Waals surface area contributed by atoms with E-state index in [0.29, 0.717) is 0 Å². The molecule has 1 heteroatoms. The third kappa shape index (κ3) is 1.51. The van der Waals surface area contributed by atoms with Crippen molar-refractivity contribution in [3.8, 4) is 0 Å². The lowest BCUT2D eigenvalue weighted by Gasteiger charge is -2.20. The second kappa shape index (κ2) is 3.81. The predicted molar refractivity (Wildman–Crippen MR) is 59.1 cm³/mol. The summed E-state index contributed by atoms with van der Waals surface area (Å²) in [5, 5.41) is 2.52. The standard InChI is InChI=1S/C13H14O/c1-3-10-8-11-6-4-5-7-12(11)9-13(10)14-2/h3-10,13H,1H2,2H3. The Labute approximate surface area is 84.0 Å². The van der Waals surface area contributed by atoms with Gasteiger partial charge in [-0.1, -0.05) is 36.4 Å². The summed E-state index contributed by atoms with van der Waals surface area (Å²) in [6.07, 6.45) is 6.42. The highest BCUT2D eigenvalue weighted by atomic mass is 16.5. The van der Waals surface area contributed by atoms with Gasteiger partial charge in [0.1, 0.15) is 0 Å². The monoisotopic (exact) mass is 186 g/mol. The summed E-state index contributed by atoms with van der Waals surface area (Å²) < 4.78 is 5.39. The van der Waals surface area contributed by atoms with Gasteiger partial charge in [-0.15, -0.1) is 6.58 Å². The van der Waals surface area contributed by atoms with Crippen LogP contribution < -0.4 is 10.4 Å². The lowest BCUT2D eigenvalue weighted by atomic mass is 9.95. The van der Waals surface area contributed by atoms with Crippen LogP contribution in [0.5, 0.6) is 0 Å². The summed E-state index contributed by atoms with van der Waals surface area (Å²) in [6, 6.07) is 8.33. The van der Waals surface area contributed by atoms with Crippen LogP contribution in [0.15, 0.2) is 36.9 Å². The Morgan fingerprint density at radius 2 is 1.86 bits per heavy atom. The average molecular weight is 186 g/mol. The molecule has 14 heavy (non-hydrogen) atoms. The molecule has 1 nitrogen and oxygen atoms in total. The molecule has 1 aliphatic rings. The van der Waals surface area contributed by atoms with Gasteiger partial charge < -0.3 is 4.74 Å². The lowest BCUT2D eigenvalue weighted by molar-refractivity contribution is 0.136. The first-order valence-electron chi connectivity index (χ1n) is 4.79. The van der Waals surface area contributed by atoms with E-state index >= 15 is 0 Å². The molecule has 2 rings (SSSR count). The first-order valence-corrected chi connectivity index (χ1v) is 4.79. The van der Waals surface area contributed by atoms with Crippen LogP contribution in [0.1, 0.15) is 0 Å². The van der Waals surface area contributed by atoms with Crippen LogP contribution in [-0.4, -0.2) is 13.2 Å². The summed E-state index contributed by atoms with van der Waals surface area (Å²) >= 11 is 0. The van der Waals surface area contributed by atoms with Crippen molar-refractivity contribution in [2.45, 2.75) is 6.10 Å². The predicted octanol–water partition coefficient (Wildman–Crippen LogP) is 1.08. The number of rotatable bonds is 2. The summed E-state index contributed by atoms with van der Waals surface area (Å²) in [5.41, 5.74) is 0. The molecule has 0 N–H and O–H groups in total. The lowest BCUT2D eigenvalue weighted by Crippen LogP contribution is -2.35. The van der Waals surface area contributed by atoms with E-state index in [9.17, 15) is 0 Å². The molecule has 1 aliphatic carbocycles. The molecule has 1 aromatic carbocycles. The maximum absolute atomic E-state index is 5.39. The van der Waals surface area contributed by atoms with Gasteiger partial charge in [-0.3, -0.25) is 0 Å². The molecule has 0 amide bonds. The van der Waals surface area contributed by atoms with Gasteiger partial charge in [-0.05, 0) is 16.5 Å². The minimum atomic E-state index is 0.127. The summed E-state index contributed by atoms with van der Waals surface area (Å²) in [6.45, 7) is 3.82. The molecule has 0 saturated carbocycles. The molecule has 1 aromatic rings. The van der Waals surface area contributed by atoms with Crippen molar-refractivity contribution in [3.05, 3.63) is 47.4 Å². The molecule has 0 aliphatic heterocycles. The molecule has 0 heterocycles. The van der Waals surface area contributed by atoms with E-state index in [4.69, 9.17) is 4.74 Å². The Kier molecular flexibility index (Phi) is 2.51. The van der Waals surface area contributed by atoms with Gasteiger partial charge in [0.2, 0.25) is 0 Å². The molecule has 0 bridgehead atoms. The molecular weight excluding hydrogens is 172 g/mol. The SMILES string of the molecule is C=CC1C=c2ccccc2=CC1OC. The van der Waals surface area contributed by atoms with Crippen molar-refractivity contribution in [1.82, 2.24) is 0 Å². The number of fused-ring (bicyclic) bond motifs is 1. The van der Waals surface area contributed by atoms with Crippen LogP contribution in [0.4, 0.5) is 0 Å². The summed E-state index contributed by atoms with van der Waals surface area (Å²) in [5.74, 6) is 0.287. The number of methoxy groups -OCH3 is 1. The molecule has 0 saturated heterocycles. The second-order valence-electron chi connectivity index (χ2n) is 3.48. The minimum Gasteiger partial charge on any atom is -0.376 e. The third-order valence-corrected chi connectivity index (χ3v) is 2.64. The maximum Gasteiger partial charge on any atom is 0.0858 e. The summed E-state index contributed by atoms with van der Waals surface area (Å²) in [7, 11) is 1.74. The van der Waals surface area contributed by atoms with E-state index in [1.54, 1.807) is 7.11 Å². The van der Waals surface area contributed by atoms with E-state index in [1.165, 1.54) is 10.4 Å². The number of hydrogen-bond donors (Lipinski definition) is 0. The van der Waals surface area contributed by atoms with E-state index in [-0.39, 0.29) is 12.0 Å². The van der Waals surface area contributed by atoms with Gasteiger partial charge in [0.05, 0.1) is 6.10 Å². The van der Waals surface area contributed by atoms with Gasteiger partial charge in [-0.25, -0.2) is 0 Å². The smallest absolute Gasteiger partial charge is 0.0858 e. The summed E-state index contributed by atoms with van der Waals surface area (Å²) in [4.78, 5) is 0. The van der Waals surface area contributed by atoms with Gasteiger partial charge in [0.15, 0.2) is 0 Å². The first kappa shape index (κ1) is 9.22. The molecule has 0 radical (unpaired) electrons. The fourth-order valence-electron chi connectivity index (χ4n) is 1.83. The van der Waals surface area contributed by atoms with E-state index in [1.807, 2.05) is 12.1 Å². The molecular formula is C13H14O. The third-order valence-electron chi connectivity index (χ3n) is 2.64. The number of ether oxygens (including phenoxy) is 1. The Morgan fingerprint density at radius 3 is 2.43 bits per heavy atom. The van der Waals surface area contributed by atoms with Gasteiger partial charge in [-0.2, -0.15) is 0 Å². The molecule has 0 spiro atoms. The average Bonchev–Trinajstić information content (AvgIpc) is 2.27. The fourth-order valence-corrected chi connectivity index (χ4v) is 1.83. The molecule has 0 fully saturated rings. The zero-order valence-electron chi connectivity index (χ0n) is 8.31. The van der Waals surface area contributed by atoms with Crippen molar-refractivity contribution in [2.24, 2.45) is 5.92 Å². The molecule has 0 aromatic heterocycles. The van der Waals surface area contributed by atoms with E-state index in [2.05, 4.69) is 36.9 Å². The van der Waals surface area contributed by atoms with Gasteiger partial charge in [0.25, 0.3) is 0 Å². The van der Waals surface area contributed by atoms with Crippen molar-refractivity contribution in [3.63, 3.8) is 0 Å². The van der Waals surface area contributed by atoms with Crippen LogP contribution in [0.3, 0.4) is 0 Å².